The molecule has 1 aromatic heterocycles. The van der Waals surface area contributed by atoms with E-state index in [-0.39, 0.29) is 0 Å². The fourth-order valence-corrected chi connectivity index (χ4v) is 5.23. The van der Waals surface area contributed by atoms with Crippen molar-refractivity contribution in [3.05, 3.63) is 83.4 Å². The van der Waals surface area contributed by atoms with Crippen LogP contribution in [0.25, 0.3) is 21.8 Å². The van der Waals surface area contributed by atoms with Gasteiger partial charge in [0.2, 0.25) is 0 Å². The number of quaternary nitrogens is 2. The number of hydrogen-bond acceptors (Lipinski definition) is 0. The zero-order valence-electron chi connectivity index (χ0n) is 18.2. The Morgan fingerprint density at radius 3 is 2.17 bits per heavy atom. The second kappa shape index (κ2) is 8.25. The molecule has 0 unspecified atom stereocenters. The Morgan fingerprint density at radius 1 is 0.733 bits per heavy atom. The monoisotopic (exact) mass is 399 g/mol. The number of fused-ring (bicyclic) bond motifs is 3. The molecule has 0 radical (unpaired) electrons. The quantitative estimate of drug-likeness (QED) is 0.513. The van der Waals surface area contributed by atoms with Gasteiger partial charge in [0.1, 0.15) is 39.3 Å². The molecule has 3 nitrogen and oxygen atoms in total. The molecule has 154 valence electrons. The van der Waals surface area contributed by atoms with Crippen LogP contribution in [0.4, 0.5) is 0 Å². The molecule has 5 rings (SSSR count). The van der Waals surface area contributed by atoms with Gasteiger partial charge in [-0.2, -0.15) is 0 Å². The van der Waals surface area contributed by atoms with Crippen molar-refractivity contribution in [2.45, 2.75) is 33.5 Å². The highest BCUT2D eigenvalue weighted by atomic mass is 15.3. The van der Waals surface area contributed by atoms with Crippen LogP contribution >= 0.6 is 0 Å². The van der Waals surface area contributed by atoms with E-state index in [0.29, 0.717) is 0 Å². The molecule has 3 heteroatoms. The number of para-hydroxylation sites is 1. The highest BCUT2D eigenvalue weighted by Gasteiger charge is 2.23. The van der Waals surface area contributed by atoms with E-state index in [1.807, 2.05) is 0 Å². The van der Waals surface area contributed by atoms with Gasteiger partial charge >= 0.3 is 0 Å². The number of piperazine rings is 1. The largest absolute Gasteiger partial charge is 0.341 e. The number of benzene rings is 3. The molecule has 1 saturated heterocycles. The summed E-state index contributed by atoms with van der Waals surface area (Å²) in [5, 5.41) is 2.80. The molecule has 4 aromatic rings. The maximum atomic E-state index is 2.45. The topological polar surface area (TPSA) is 13.8 Å². The van der Waals surface area contributed by atoms with E-state index in [2.05, 4.69) is 85.1 Å². The van der Waals surface area contributed by atoms with E-state index in [4.69, 9.17) is 0 Å². The van der Waals surface area contributed by atoms with Crippen molar-refractivity contribution in [3.8, 4) is 0 Å². The number of rotatable bonds is 5. The molecule has 2 heterocycles. The van der Waals surface area contributed by atoms with E-state index in [1.165, 1.54) is 71.2 Å². The summed E-state index contributed by atoms with van der Waals surface area (Å²) in [6, 6.07) is 24.8. The predicted molar refractivity (Wildman–Crippen MR) is 125 cm³/mol. The minimum Gasteiger partial charge on any atom is -0.341 e. The number of nitrogens with one attached hydrogen (secondary N) is 2. The van der Waals surface area contributed by atoms with Crippen molar-refractivity contribution in [1.82, 2.24) is 4.57 Å². The Bertz CT molecular complexity index is 1170. The maximum absolute atomic E-state index is 2.45. The van der Waals surface area contributed by atoms with Gasteiger partial charge in [-0.25, -0.2) is 0 Å². The third-order valence-corrected chi connectivity index (χ3v) is 6.97. The van der Waals surface area contributed by atoms with Crippen molar-refractivity contribution in [2.75, 3.05) is 26.2 Å². The minimum absolute atomic E-state index is 1.01. The third-order valence-electron chi connectivity index (χ3n) is 6.97. The lowest BCUT2D eigenvalue weighted by Gasteiger charge is -2.30. The normalized spacial score (nSPS) is 19.5. The number of aryl methyl sites for hydroxylation is 2. The molecule has 0 saturated carbocycles. The standard InChI is InChI=1S/C27H31N3/c1-3-30-26-11-7-6-10-24(26)25-18-22(12-13-27(25)30)19-28-14-16-29(17-15-28)20-23-9-5-4-8-21(23)2/h4-13,18H,3,14-17,19-20H2,1-2H3/p+2. The summed E-state index contributed by atoms with van der Waals surface area (Å²) >= 11 is 0. The zero-order chi connectivity index (χ0) is 20.5. The lowest BCUT2D eigenvalue weighted by atomic mass is 10.1. The Morgan fingerprint density at radius 2 is 1.40 bits per heavy atom. The van der Waals surface area contributed by atoms with E-state index >= 15 is 0 Å². The van der Waals surface area contributed by atoms with Crippen molar-refractivity contribution < 1.29 is 9.80 Å². The first kappa shape index (κ1) is 19.3. The summed E-state index contributed by atoms with van der Waals surface area (Å²) in [5.74, 6) is 0. The Labute approximate surface area is 179 Å². The van der Waals surface area contributed by atoms with E-state index in [0.717, 1.165) is 13.1 Å². The lowest BCUT2D eigenvalue weighted by molar-refractivity contribution is -1.02. The van der Waals surface area contributed by atoms with Crippen LogP contribution in [-0.4, -0.2) is 30.7 Å². The van der Waals surface area contributed by atoms with E-state index < -0.39 is 0 Å². The summed E-state index contributed by atoms with van der Waals surface area (Å²) in [7, 11) is 0. The third kappa shape index (κ3) is 3.64. The average Bonchev–Trinajstić information content (AvgIpc) is 3.10. The first-order valence-electron chi connectivity index (χ1n) is 11.4. The average molecular weight is 400 g/mol. The fraction of sp³-hybridized carbons (Fsp3) is 0.333. The van der Waals surface area contributed by atoms with Gasteiger partial charge < -0.3 is 14.4 Å². The van der Waals surface area contributed by atoms with Crippen LogP contribution in [0.3, 0.4) is 0 Å². The van der Waals surface area contributed by atoms with Gasteiger partial charge in [0, 0.05) is 39.5 Å². The molecule has 1 aliphatic heterocycles. The second-order valence-corrected chi connectivity index (χ2v) is 8.89. The Kier molecular flexibility index (Phi) is 5.32. The maximum Gasteiger partial charge on any atom is 0.127 e. The van der Waals surface area contributed by atoms with Gasteiger partial charge in [-0.1, -0.05) is 48.5 Å². The first-order valence-corrected chi connectivity index (χ1v) is 11.4. The zero-order valence-corrected chi connectivity index (χ0v) is 18.2. The fourth-order valence-electron chi connectivity index (χ4n) is 5.23. The van der Waals surface area contributed by atoms with Crippen LogP contribution in [0.15, 0.2) is 66.7 Å². The van der Waals surface area contributed by atoms with Gasteiger partial charge in [-0.15, -0.1) is 0 Å². The first-order chi connectivity index (χ1) is 14.7. The van der Waals surface area contributed by atoms with Crippen LogP contribution in [0.1, 0.15) is 23.6 Å². The van der Waals surface area contributed by atoms with Gasteiger partial charge in [-0.05, 0) is 37.6 Å². The van der Waals surface area contributed by atoms with Gasteiger partial charge in [-0.3, -0.25) is 0 Å². The lowest BCUT2D eigenvalue weighted by Crippen LogP contribution is -3.27. The highest BCUT2D eigenvalue weighted by Crippen LogP contribution is 2.29. The van der Waals surface area contributed by atoms with E-state index in [1.54, 1.807) is 9.80 Å². The Hall–Kier alpha value is -2.62. The van der Waals surface area contributed by atoms with Gasteiger partial charge in [0.15, 0.2) is 0 Å². The molecule has 1 aliphatic rings. The van der Waals surface area contributed by atoms with Crippen LogP contribution < -0.4 is 9.80 Å². The number of nitrogens with zero attached hydrogens (tertiary/aromatic N) is 1. The molecule has 0 aliphatic carbocycles. The molecule has 0 amide bonds. The van der Waals surface area contributed by atoms with Gasteiger partial charge in [0.05, 0.1) is 0 Å². The van der Waals surface area contributed by atoms with Crippen LogP contribution in [0.2, 0.25) is 0 Å². The molecule has 0 atom stereocenters. The molecule has 3 aromatic carbocycles. The van der Waals surface area contributed by atoms with Crippen molar-refractivity contribution in [1.29, 1.82) is 0 Å². The second-order valence-electron chi connectivity index (χ2n) is 8.89. The minimum atomic E-state index is 1.01. The molecule has 30 heavy (non-hydrogen) atoms. The van der Waals surface area contributed by atoms with Crippen LogP contribution in [0.5, 0.6) is 0 Å². The molecule has 2 N–H and O–H groups in total. The van der Waals surface area contributed by atoms with Crippen molar-refractivity contribution in [2.24, 2.45) is 0 Å². The molecular formula is C27H33N3+2. The van der Waals surface area contributed by atoms with Crippen molar-refractivity contribution in [3.63, 3.8) is 0 Å². The van der Waals surface area contributed by atoms with Crippen LogP contribution in [-0.2, 0) is 19.6 Å². The molecular weight excluding hydrogens is 366 g/mol. The highest BCUT2D eigenvalue weighted by molar-refractivity contribution is 6.08. The SMILES string of the molecule is CCn1c2ccccc2c2cc(C[NH+]3CC[NH+](Cc4ccccc4C)CC3)ccc21. The van der Waals surface area contributed by atoms with Crippen LogP contribution in [0, 0.1) is 6.92 Å². The summed E-state index contributed by atoms with van der Waals surface area (Å²) in [6.07, 6.45) is 0. The van der Waals surface area contributed by atoms with E-state index in [9.17, 15) is 0 Å². The smallest absolute Gasteiger partial charge is 0.127 e. The molecule has 0 bridgehead atoms. The van der Waals surface area contributed by atoms with Crippen molar-refractivity contribution >= 4 is 21.8 Å². The predicted octanol–water partition coefficient (Wildman–Crippen LogP) is 2.61. The summed E-state index contributed by atoms with van der Waals surface area (Å²) in [5.41, 5.74) is 7.13. The number of aromatic nitrogens is 1. The summed E-state index contributed by atoms with van der Waals surface area (Å²) in [6.45, 7) is 12.8. The summed E-state index contributed by atoms with van der Waals surface area (Å²) in [4.78, 5) is 3.46. The molecule has 0 spiro atoms. The molecule has 1 fully saturated rings. The summed E-state index contributed by atoms with van der Waals surface area (Å²) < 4.78 is 2.44. The number of hydrogen-bond donors (Lipinski definition) is 2. The Balaban J connectivity index is 1.29. The van der Waals surface area contributed by atoms with Gasteiger partial charge in [0.25, 0.3) is 0 Å².